The maximum absolute atomic E-state index is 12.0. The van der Waals surface area contributed by atoms with Gasteiger partial charge in [0.05, 0.1) is 11.1 Å². The maximum Gasteiger partial charge on any atom is 0.261 e. The molecule has 0 bridgehead atoms. The third-order valence-electron chi connectivity index (χ3n) is 4.03. The molecule has 0 saturated carbocycles. The quantitative estimate of drug-likeness (QED) is 0.779. The van der Waals surface area contributed by atoms with Gasteiger partial charge in [0.15, 0.2) is 0 Å². The van der Waals surface area contributed by atoms with E-state index in [1.54, 1.807) is 6.07 Å². The molecule has 106 valence electrons. The van der Waals surface area contributed by atoms with Crippen molar-refractivity contribution in [1.82, 2.24) is 10.2 Å². The number of carbonyl (C=O) groups excluding carboxylic acids is 2. The standard InChI is InChI=1S/C15H19N3O2/c1-10-9-18(7-3-6-16-10)11-4-5-12-13(8-11)15(20)17(2)14(12)19/h4-5,8,10,16H,3,6-7,9H2,1-2H3. The Bertz CT molecular complexity index is 570. The molecule has 2 aliphatic rings. The molecule has 1 fully saturated rings. The molecule has 1 aromatic carbocycles. The van der Waals surface area contributed by atoms with E-state index in [0.717, 1.165) is 31.7 Å². The van der Waals surface area contributed by atoms with E-state index in [2.05, 4.69) is 17.1 Å². The third-order valence-corrected chi connectivity index (χ3v) is 4.03. The number of fused-ring (bicyclic) bond motifs is 1. The predicted molar refractivity (Wildman–Crippen MR) is 77.2 cm³/mol. The van der Waals surface area contributed by atoms with Gasteiger partial charge < -0.3 is 10.2 Å². The lowest BCUT2D eigenvalue weighted by molar-refractivity contribution is 0.0693. The van der Waals surface area contributed by atoms with Crippen LogP contribution in [0.3, 0.4) is 0 Å². The molecule has 2 amide bonds. The SMILES string of the molecule is CC1CN(c2ccc3c(c2)C(=O)N(C)C3=O)CCCN1. The summed E-state index contributed by atoms with van der Waals surface area (Å²) >= 11 is 0. The summed E-state index contributed by atoms with van der Waals surface area (Å²) in [5.74, 6) is -0.407. The summed E-state index contributed by atoms with van der Waals surface area (Å²) in [5.41, 5.74) is 2.07. The van der Waals surface area contributed by atoms with E-state index in [1.807, 2.05) is 12.1 Å². The first-order valence-corrected chi connectivity index (χ1v) is 7.02. The zero-order valence-corrected chi connectivity index (χ0v) is 11.8. The third kappa shape index (κ3) is 2.08. The second-order valence-electron chi connectivity index (χ2n) is 5.55. The van der Waals surface area contributed by atoms with Crippen molar-refractivity contribution >= 4 is 17.5 Å². The van der Waals surface area contributed by atoms with Gasteiger partial charge in [0.25, 0.3) is 11.8 Å². The monoisotopic (exact) mass is 273 g/mol. The van der Waals surface area contributed by atoms with Crippen LogP contribution in [0.4, 0.5) is 5.69 Å². The number of nitrogens with one attached hydrogen (secondary N) is 1. The van der Waals surface area contributed by atoms with Gasteiger partial charge in [0.2, 0.25) is 0 Å². The van der Waals surface area contributed by atoms with Gasteiger partial charge in [-0.15, -0.1) is 0 Å². The molecule has 0 aromatic heterocycles. The summed E-state index contributed by atoms with van der Waals surface area (Å²) in [6.45, 7) is 5.06. The summed E-state index contributed by atoms with van der Waals surface area (Å²) in [6.07, 6.45) is 1.08. The minimum atomic E-state index is -0.206. The molecule has 0 spiro atoms. The lowest BCUT2D eigenvalue weighted by Gasteiger charge is -2.25. The Balaban J connectivity index is 1.93. The summed E-state index contributed by atoms with van der Waals surface area (Å²) < 4.78 is 0. The predicted octanol–water partition coefficient (Wildman–Crippen LogP) is 1.10. The molecular formula is C15H19N3O2. The van der Waals surface area contributed by atoms with Crippen LogP contribution in [0.15, 0.2) is 18.2 Å². The van der Waals surface area contributed by atoms with Crippen LogP contribution in [0.1, 0.15) is 34.1 Å². The Hall–Kier alpha value is -1.88. The highest BCUT2D eigenvalue weighted by Gasteiger charge is 2.33. The first kappa shape index (κ1) is 13.1. The van der Waals surface area contributed by atoms with Crippen molar-refractivity contribution in [3.05, 3.63) is 29.3 Å². The first-order valence-electron chi connectivity index (χ1n) is 7.02. The molecule has 2 heterocycles. The van der Waals surface area contributed by atoms with Gasteiger partial charge in [-0.05, 0) is 38.1 Å². The fourth-order valence-electron chi connectivity index (χ4n) is 2.89. The number of rotatable bonds is 1. The van der Waals surface area contributed by atoms with Gasteiger partial charge in [-0.1, -0.05) is 0 Å². The van der Waals surface area contributed by atoms with Crippen molar-refractivity contribution in [3.63, 3.8) is 0 Å². The molecule has 20 heavy (non-hydrogen) atoms. The molecule has 0 radical (unpaired) electrons. The first-order chi connectivity index (χ1) is 9.58. The van der Waals surface area contributed by atoms with E-state index in [-0.39, 0.29) is 11.8 Å². The zero-order valence-electron chi connectivity index (χ0n) is 11.8. The average Bonchev–Trinajstić information content (AvgIpc) is 2.64. The number of amides is 2. The van der Waals surface area contributed by atoms with Crippen LogP contribution in [-0.2, 0) is 0 Å². The number of benzene rings is 1. The van der Waals surface area contributed by atoms with Crippen LogP contribution in [0.5, 0.6) is 0 Å². The molecule has 1 atom stereocenters. The van der Waals surface area contributed by atoms with Crippen molar-refractivity contribution in [2.75, 3.05) is 31.6 Å². The van der Waals surface area contributed by atoms with Crippen molar-refractivity contribution in [2.45, 2.75) is 19.4 Å². The molecule has 5 nitrogen and oxygen atoms in total. The lowest BCUT2D eigenvalue weighted by Crippen LogP contribution is -2.35. The highest BCUT2D eigenvalue weighted by molar-refractivity contribution is 6.21. The minimum Gasteiger partial charge on any atom is -0.370 e. The van der Waals surface area contributed by atoms with Crippen LogP contribution < -0.4 is 10.2 Å². The van der Waals surface area contributed by atoms with E-state index in [4.69, 9.17) is 0 Å². The molecular weight excluding hydrogens is 254 g/mol. The van der Waals surface area contributed by atoms with Gasteiger partial charge in [0.1, 0.15) is 0 Å². The number of imide groups is 1. The highest BCUT2D eigenvalue weighted by atomic mass is 16.2. The topological polar surface area (TPSA) is 52.7 Å². The van der Waals surface area contributed by atoms with Gasteiger partial charge in [-0.2, -0.15) is 0 Å². The number of nitrogens with zero attached hydrogens (tertiary/aromatic N) is 2. The number of hydrogen-bond acceptors (Lipinski definition) is 4. The van der Waals surface area contributed by atoms with Crippen LogP contribution in [-0.4, -0.2) is 49.4 Å². The van der Waals surface area contributed by atoms with Crippen LogP contribution in [0.2, 0.25) is 0 Å². The van der Waals surface area contributed by atoms with Gasteiger partial charge in [0, 0.05) is 31.9 Å². The van der Waals surface area contributed by atoms with E-state index in [1.165, 1.54) is 11.9 Å². The normalized spacial score (nSPS) is 23.0. The molecule has 1 aromatic rings. The molecule has 2 aliphatic heterocycles. The average molecular weight is 273 g/mol. The van der Waals surface area contributed by atoms with E-state index in [9.17, 15) is 9.59 Å². The van der Waals surface area contributed by atoms with Crippen molar-refractivity contribution in [1.29, 1.82) is 0 Å². The van der Waals surface area contributed by atoms with Crippen LogP contribution in [0.25, 0.3) is 0 Å². The Kier molecular flexibility index (Phi) is 3.22. The molecule has 3 rings (SSSR count). The Labute approximate surface area is 118 Å². The largest absolute Gasteiger partial charge is 0.370 e. The molecule has 5 heteroatoms. The maximum atomic E-state index is 12.0. The zero-order chi connectivity index (χ0) is 14.3. The molecule has 0 aliphatic carbocycles. The van der Waals surface area contributed by atoms with Crippen molar-refractivity contribution < 1.29 is 9.59 Å². The molecule has 1 N–H and O–H groups in total. The van der Waals surface area contributed by atoms with Crippen molar-refractivity contribution in [3.8, 4) is 0 Å². The Morgan fingerprint density at radius 1 is 1.20 bits per heavy atom. The Morgan fingerprint density at radius 3 is 2.75 bits per heavy atom. The van der Waals surface area contributed by atoms with Crippen LogP contribution >= 0.6 is 0 Å². The lowest BCUT2D eigenvalue weighted by atomic mass is 10.1. The van der Waals surface area contributed by atoms with Gasteiger partial charge >= 0.3 is 0 Å². The number of carbonyl (C=O) groups is 2. The molecule has 1 unspecified atom stereocenters. The minimum absolute atomic E-state index is 0.201. The number of hydrogen-bond donors (Lipinski definition) is 1. The van der Waals surface area contributed by atoms with Crippen molar-refractivity contribution in [2.24, 2.45) is 0 Å². The smallest absolute Gasteiger partial charge is 0.261 e. The fraction of sp³-hybridized carbons (Fsp3) is 0.467. The summed E-state index contributed by atoms with van der Waals surface area (Å²) in [4.78, 5) is 27.4. The second-order valence-corrected chi connectivity index (χ2v) is 5.55. The van der Waals surface area contributed by atoms with Gasteiger partial charge in [-0.25, -0.2) is 0 Å². The summed E-state index contributed by atoms with van der Waals surface area (Å²) in [5, 5.41) is 3.45. The van der Waals surface area contributed by atoms with Crippen LogP contribution in [0, 0.1) is 0 Å². The van der Waals surface area contributed by atoms with Gasteiger partial charge in [-0.3, -0.25) is 14.5 Å². The number of anilines is 1. The summed E-state index contributed by atoms with van der Waals surface area (Å²) in [7, 11) is 1.53. The summed E-state index contributed by atoms with van der Waals surface area (Å²) in [6, 6.07) is 6.00. The Morgan fingerprint density at radius 2 is 1.95 bits per heavy atom. The molecule has 1 saturated heterocycles. The fourth-order valence-corrected chi connectivity index (χ4v) is 2.89. The second kappa shape index (κ2) is 4.90. The van der Waals surface area contributed by atoms with E-state index < -0.39 is 0 Å². The highest BCUT2D eigenvalue weighted by Crippen LogP contribution is 2.27. The van der Waals surface area contributed by atoms with E-state index >= 15 is 0 Å². The van der Waals surface area contributed by atoms with E-state index in [0.29, 0.717) is 17.2 Å².